The van der Waals surface area contributed by atoms with Crippen LogP contribution in [-0.4, -0.2) is 10.9 Å². The molecular formula is C17H12Cl2N2O2. The second-order valence-electron chi connectivity index (χ2n) is 4.87. The molecule has 0 radical (unpaired) electrons. The molecule has 1 aromatic heterocycles. The summed E-state index contributed by atoms with van der Waals surface area (Å²) in [4.78, 5) is 16.0. The normalized spacial score (nSPS) is 10.5. The highest BCUT2D eigenvalue weighted by Crippen LogP contribution is 2.25. The Bertz CT molecular complexity index is 795. The molecule has 0 unspecified atom stereocenters. The maximum atomic E-state index is 12.1. The van der Waals surface area contributed by atoms with Crippen molar-refractivity contribution in [3.8, 4) is 11.3 Å². The molecule has 0 atom stereocenters. The number of hydrogen-bond donors (Lipinski definition) is 1. The lowest BCUT2D eigenvalue weighted by atomic mass is 10.1. The highest BCUT2D eigenvalue weighted by atomic mass is 35.5. The molecule has 3 rings (SSSR count). The minimum atomic E-state index is -0.188. The largest absolute Gasteiger partial charge is 0.444 e. The van der Waals surface area contributed by atoms with Crippen LogP contribution in [0.4, 0.5) is 5.69 Å². The van der Waals surface area contributed by atoms with Crippen molar-refractivity contribution >= 4 is 34.8 Å². The van der Waals surface area contributed by atoms with Gasteiger partial charge >= 0.3 is 0 Å². The highest BCUT2D eigenvalue weighted by Gasteiger charge is 2.11. The van der Waals surface area contributed by atoms with E-state index in [1.807, 2.05) is 12.1 Å². The summed E-state index contributed by atoms with van der Waals surface area (Å²) in [6.45, 7) is 0. The third kappa shape index (κ3) is 3.73. The van der Waals surface area contributed by atoms with Gasteiger partial charge in [0.1, 0.15) is 0 Å². The predicted molar refractivity (Wildman–Crippen MR) is 90.7 cm³/mol. The smallest absolute Gasteiger partial charge is 0.228 e. The first-order chi connectivity index (χ1) is 11.1. The molecule has 3 aromatic rings. The number of anilines is 1. The number of oxazole rings is 1. The Labute approximate surface area is 143 Å². The number of aromatic nitrogens is 1. The molecule has 1 heterocycles. The molecule has 0 aliphatic heterocycles. The fraction of sp³-hybridized carbons (Fsp3) is 0.0588. The summed E-state index contributed by atoms with van der Waals surface area (Å²) in [5.74, 6) is 0.484. The van der Waals surface area contributed by atoms with Gasteiger partial charge in [-0.15, -0.1) is 0 Å². The van der Waals surface area contributed by atoms with E-state index in [0.717, 1.165) is 5.56 Å². The van der Waals surface area contributed by atoms with E-state index >= 15 is 0 Å². The van der Waals surface area contributed by atoms with E-state index in [9.17, 15) is 4.79 Å². The van der Waals surface area contributed by atoms with E-state index in [2.05, 4.69) is 10.3 Å². The first kappa shape index (κ1) is 15.6. The molecule has 2 aromatic carbocycles. The molecule has 0 aliphatic carbocycles. The lowest BCUT2D eigenvalue weighted by Gasteiger charge is -2.08. The Balaban J connectivity index is 1.68. The minimum absolute atomic E-state index is 0.113. The summed E-state index contributed by atoms with van der Waals surface area (Å²) in [5, 5.41) is 3.77. The number of hydrogen-bond acceptors (Lipinski definition) is 3. The summed E-state index contributed by atoms with van der Waals surface area (Å²) >= 11 is 12.1. The van der Waals surface area contributed by atoms with E-state index in [1.54, 1.807) is 36.5 Å². The number of halogens is 2. The highest BCUT2D eigenvalue weighted by molar-refractivity contribution is 6.36. The molecule has 1 N–H and O–H groups in total. The molecule has 6 heteroatoms. The summed E-state index contributed by atoms with van der Waals surface area (Å²) in [6, 6.07) is 12.4. The van der Waals surface area contributed by atoms with Gasteiger partial charge in [-0.2, -0.15) is 0 Å². The number of amides is 1. The van der Waals surface area contributed by atoms with Crippen molar-refractivity contribution < 1.29 is 9.21 Å². The van der Waals surface area contributed by atoms with Gasteiger partial charge in [-0.3, -0.25) is 4.79 Å². The molecule has 0 saturated carbocycles. The minimum Gasteiger partial charge on any atom is -0.444 e. The van der Waals surface area contributed by atoms with Crippen LogP contribution in [0.2, 0.25) is 10.0 Å². The average Bonchev–Trinajstić information content (AvgIpc) is 3.06. The summed E-state index contributed by atoms with van der Waals surface area (Å²) in [7, 11) is 0. The Hall–Kier alpha value is -2.30. The summed E-state index contributed by atoms with van der Waals surface area (Å²) in [5.41, 5.74) is 2.18. The van der Waals surface area contributed by atoms with Gasteiger partial charge in [0.15, 0.2) is 12.2 Å². The Morgan fingerprint density at radius 2 is 1.78 bits per heavy atom. The maximum Gasteiger partial charge on any atom is 0.228 e. The van der Waals surface area contributed by atoms with Gasteiger partial charge in [-0.1, -0.05) is 29.3 Å². The number of carbonyl (C=O) groups is 1. The number of rotatable bonds is 4. The van der Waals surface area contributed by atoms with Crippen molar-refractivity contribution in [1.82, 2.24) is 4.98 Å². The number of carbonyl (C=O) groups excluding carboxylic acids is 1. The quantitative estimate of drug-likeness (QED) is 0.735. The molecule has 0 spiro atoms. The van der Waals surface area contributed by atoms with E-state index < -0.39 is 0 Å². The van der Waals surface area contributed by atoms with Gasteiger partial charge in [0.2, 0.25) is 5.91 Å². The van der Waals surface area contributed by atoms with Crippen LogP contribution in [0.1, 0.15) is 5.56 Å². The first-order valence-electron chi connectivity index (χ1n) is 6.85. The molecule has 0 fully saturated rings. The van der Waals surface area contributed by atoms with Crippen LogP contribution in [0.25, 0.3) is 11.3 Å². The Morgan fingerprint density at radius 3 is 2.39 bits per heavy atom. The lowest BCUT2D eigenvalue weighted by Crippen LogP contribution is -2.14. The zero-order valence-electron chi connectivity index (χ0n) is 11.9. The molecule has 0 bridgehead atoms. The van der Waals surface area contributed by atoms with Crippen molar-refractivity contribution in [1.29, 1.82) is 0 Å². The molecule has 23 heavy (non-hydrogen) atoms. The van der Waals surface area contributed by atoms with Crippen molar-refractivity contribution in [3.63, 3.8) is 0 Å². The average molecular weight is 347 g/mol. The second-order valence-corrected chi connectivity index (χ2v) is 5.68. The third-order valence-electron chi connectivity index (χ3n) is 3.28. The monoisotopic (exact) mass is 346 g/mol. The van der Waals surface area contributed by atoms with Crippen LogP contribution in [0.5, 0.6) is 0 Å². The third-order valence-corrected chi connectivity index (χ3v) is 3.99. The van der Waals surface area contributed by atoms with Gasteiger partial charge in [0.05, 0.1) is 12.6 Å². The number of nitrogens with zero attached hydrogens (tertiary/aromatic N) is 1. The van der Waals surface area contributed by atoms with Crippen LogP contribution >= 0.6 is 23.2 Å². The van der Waals surface area contributed by atoms with Crippen LogP contribution < -0.4 is 5.32 Å². The molecule has 0 aliphatic rings. The lowest BCUT2D eigenvalue weighted by molar-refractivity contribution is -0.115. The maximum absolute atomic E-state index is 12.1. The molecule has 4 nitrogen and oxygen atoms in total. The zero-order chi connectivity index (χ0) is 16.2. The van der Waals surface area contributed by atoms with Crippen LogP contribution in [0.3, 0.4) is 0 Å². The zero-order valence-corrected chi connectivity index (χ0v) is 13.4. The van der Waals surface area contributed by atoms with Gasteiger partial charge in [-0.05, 0) is 42.0 Å². The summed E-state index contributed by atoms with van der Waals surface area (Å²) in [6.07, 6.45) is 3.12. The van der Waals surface area contributed by atoms with E-state index in [-0.39, 0.29) is 12.3 Å². The molecular weight excluding hydrogens is 335 g/mol. The van der Waals surface area contributed by atoms with Gasteiger partial charge < -0.3 is 9.73 Å². The fourth-order valence-electron chi connectivity index (χ4n) is 2.14. The predicted octanol–water partition coefficient (Wildman–Crippen LogP) is 4.83. The standard InChI is InChI=1S/C17H12Cl2N2O2/c18-14-2-1-3-15(19)13(14)8-17(22)21-12-6-4-11(5-7-12)16-9-20-10-23-16/h1-7,9-10H,8H2,(H,21,22). The van der Waals surface area contributed by atoms with Crippen molar-refractivity contribution in [2.24, 2.45) is 0 Å². The van der Waals surface area contributed by atoms with Crippen molar-refractivity contribution in [2.45, 2.75) is 6.42 Å². The van der Waals surface area contributed by atoms with Gasteiger partial charge in [-0.25, -0.2) is 4.98 Å². The van der Waals surface area contributed by atoms with E-state index in [0.29, 0.717) is 27.1 Å². The van der Waals surface area contributed by atoms with Crippen LogP contribution in [0.15, 0.2) is 59.5 Å². The molecule has 1 amide bonds. The Morgan fingerprint density at radius 1 is 1.09 bits per heavy atom. The van der Waals surface area contributed by atoms with Crippen molar-refractivity contribution in [3.05, 3.63) is 70.7 Å². The fourth-order valence-corrected chi connectivity index (χ4v) is 2.67. The topological polar surface area (TPSA) is 55.1 Å². The number of benzene rings is 2. The SMILES string of the molecule is O=C(Cc1c(Cl)cccc1Cl)Nc1ccc(-c2cnco2)cc1. The van der Waals surface area contributed by atoms with E-state index in [1.165, 1.54) is 6.39 Å². The van der Waals surface area contributed by atoms with Gasteiger partial charge in [0, 0.05) is 21.3 Å². The Kier molecular flexibility index (Phi) is 4.65. The number of nitrogens with one attached hydrogen (secondary N) is 1. The van der Waals surface area contributed by atoms with Crippen molar-refractivity contribution in [2.75, 3.05) is 5.32 Å². The van der Waals surface area contributed by atoms with Crippen LogP contribution in [0, 0.1) is 0 Å². The van der Waals surface area contributed by atoms with E-state index in [4.69, 9.17) is 27.6 Å². The second kappa shape index (κ2) is 6.86. The van der Waals surface area contributed by atoms with Gasteiger partial charge in [0.25, 0.3) is 0 Å². The molecule has 116 valence electrons. The summed E-state index contributed by atoms with van der Waals surface area (Å²) < 4.78 is 5.22. The first-order valence-corrected chi connectivity index (χ1v) is 7.61. The van der Waals surface area contributed by atoms with Crippen LogP contribution in [-0.2, 0) is 11.2 Å². The molecule has 0 saturated heterocycles.